The molecule has 2 aromatic carbocycles. The minimum absolute atomic E-state index is 0.195. The van der Waals surface area contributed by atoms with Crippen LogP contribution in [0.1, 0.15) is 18.1 Å². The topological polar surface area (TPSA) is 93.7 Å². The Morgan fingerprint density at radius 1 is 0.972 bits per heavy atom. The zero-order valence-corrected chi connectivity index (χ0v) is 22.2. The molecule has 1 aromatic heterocycles. The standard InChI is InChI=1S/C26H35N7O2S/c1-5-21-18-27-26(28-22-12-10-20(11-13-22)19-33-16-14-32(4)15-17-33)30-25(21)29-23-8-6-7-9-24(23)36(34,35)31(2)3/h6-13,18H,5,14-17,19H2,1-4H3,(H2,27,28,29,30). The minimum Gasteiger partial charge on any atom is -0.339 e. The molecule has 36 heavy (non-hydrogen) atoms. The molecular weight excluding hydrogens is 474 g/mol. The lowest BCUT2D eigenvalue weighted by Gasteiger charge is -2.32. The summed E-state index contributed by atoms with van der Waals surface area (Å²) in [7, 11) is 1.59. The van der Waals surface area contributed by atoms with Gasteiger partial charge in [-0.25, -0.2) is 17.7 Å². The molecule has 0 unspecified atom stereocenters. The Morgan fingerprint density at radius 3 is 2.33 bits per heavy atom. The molecule has 2 N–H and O–H groups in total. The first-order valence-corrected chi connectivity index (χ1v) is 13.6. The molecule has 0 amide bonds. The highest BCUT2D eigenvalue weighted by atomic mass is 32.2. The van der Waals surface area contributed by atoms with E-state index in [4.69, 9.17) is 0 Å². The van der Waals surface area contributed by atoms with Crippen LogP contribution in [-0.2, 0) is 23.0 Å². The van der Waals surface area contributed by atoms with Crippen LogP contribution in [0.4, 0.5) is 23.1 Å². The number of aromatic nitrogens is 2. The van der Waals surface area contributed by atoms with Crippen LogP contribution in [0.3, 0.4) is 0 Å². The van der Waals surface area contributed by atoms with Gasteiger partial charge in [0.2, 0.25) is 16.0 Å². The molecule has 192 valence electrons. The predicted octanol–water partition coefficient (Wildman–Crippen LogP) is 3.52. The van der Waals surface area contributed by atoms with Crippen LogP contribution in [0.5, 0.6) is 0 Å². The summed E-state index contributed by atoms with van der Waals surface area (Å²) in [4.78, 5) is 14.2. The van der Waals surface area contributed by atoms with E-state index in [-0.39, 0.29) is 4.90 Å². The molecule has 0 radical (unpaired) electrons. The lowest BCUT2D eigenvalue weighted by molar-refractivity contribution is 0.148. The van der Waals surface area contributed by atoms with E-state index in [0.29, 0.717) is 23.9 Å². The van der Waals surface area contributed by atoms with E-state index < -0.39 is 10.0 Å². The number of nitrogens with zero attached hydrogens (tertiary/aromatic N) is 5. The van der Waals surface area contributed by atoms with Crippen LogP contribution in [0.25, 0.3) is 0 Å². The Labute approximate surface area is 214 Å². The van der Waals surface area contributed by atoms with Gasteiger partial charge >= 0.3 is 0 Å². The number of aryl methyl sites for hydroxylation is 1. The minimum atomic E-state index is -3.62. The monoisotopic (exact) mass is 509 g/mol. The SMILES string of the molecule is CCc1cnc(Nc2ccc(CN3CCN(C)CC3)cc2)nc1Nc1ccccc1S(=O)(=O)N(C)C. The number of benzene rings is 2. The zero-order chi connectivity index (χ0) is 25.7. The number of piperazine rings is 1. The maximum absolute atomic E-state index is 12.8. The number of sulfonamides is 1. The Kier molecular flexibility index (Phi) is 8.20. The maximum Gasteiger partial charge on any atom is 0.244 e. The van der Waals surface area contributed by atoms with E-state index in [1.807, 2.05) is 19.1 Å². The summed E-state index contributed by atoms with van der Waals surface area (Å²) in [6.07, 6.45) is 2.47. The molecule has 0 bridgehead atoms. The van der Waals surface area contributed by atoms with Crippen LogP contribution in [0.2, 0.25) is 0 Å². The van der Waals surface area contributed by atoms with E-state index in [9.17, 15) is 8.42 Å². The molecule has 4 rings (SSSR count). The van der Waals surface area contributed by atoms with Gasteiger partial charge in [0.05, 0.1) is 5.69 Å². The number of rotatable bonds is 9. The summed E-state index contributed by atoms with van der Waals surface area (Å²) < 4.78 is 26.8. The largest absolute Gasteiger partial charge is 0.339 e. The normalized spacial score (nSPS) is 15.2. The average Bonchev–Trinajstić information content (AvgIpc) is 2.87. The number of para-hydroxylation sites is 1. The number of hydrogen-bond donors (Lipinski definition) is 2. The van der Waals surface area contributed by atoms with Gasteiger partial charge in [0.1, 0.15) is 10.7 Å². The zero-order valence-electron chi connectivity index (χ0n) is 21.4. The van der Waals surface area contributed by atoms with Gasteiger partial charge in [-0.05, 0) is 43.3 Å². The van der Waals surface area contributed by atoms with Gasteiger partial charge in [-0.1, -0.05) is 31.2 Å². The van der Waals surface area contributed by atoms with Gasteiger partial charge < -0.3 is 15.5 Å². The predicted molar refractivity (Wildman–Crippen MR) is 145 cm³/mol. The fourth-order valence-corrected chi connectivity index (χ4v) is 5.08. The molecule has 1 fully saturated rings. The van der Waals surface area contributed by atoms with E-state index in [2.05, 4.69) is 49.6 Å². The summed E-state index contributed by atoms with van der Waals surface area (Å²) in [6, 6.07) is 15.2. The quantitative estimate of drug-likeness (QED) is 0.453. The lowest BCUT2D eigenvalue weighted by Crippen LogP contribution is -2.43. The second-order valence-corrected chi connectivity index (χ2v) is 11.4. The number of likely N-dealkylation sites (N-methyl/N-ethyl adjacent to an activating group) is 1. The van der Waals surface area contributed by atoms with Crippen molar-refractivity contribution in [3.05, 3.63) is 65.9 Å². The van der Waals surface area contributed by atoms with Gasteiger partial charge in [-0.2, -0.15) is 4.98 Å². The van der Waals surface area contributed by atoms with Crippen molar-refractivity contribution in [2.45, 2.75) is 24.8 Å². The summed E-state index contributed by atoms with van der Waals surface area (Å²) in [5.74, 6) is 1.01. The van der Waals surface area contributed by atoms with Crippen molar-refractivity contribution in [2.24, 2.45) is 0 Å². The first-order valence-electron chi connectivity index (χ1n) is 12.2. The fourth-order valence-electron chi connectivity index (χ4n) is 4.04. The molecule has 9 nitrogen and oxygen atoms in total. The lowest BCUT2D eigenvalue weighted by atomic mass is 10.2. The molecule has 0 aliphatic carbocycles. The first kappa shape index (κ1) is 26.0. The highest BCUT2D eigenvalue weighted by Crippen LogP contribution is 2.28. The third-order valence-corrected chi connectivity index (χ3v) is 8.23. The van der Waals surface area contributed by atoms with Gasteiger partial charge in [0, 0.05) is 64.3 Å². The second-order valence-electron chi connectivity index (χ2n) is 9.23. The van der Waals surface area contributed by atoms with E-state index in [0.717, 1.165) is 44.0 Å². The average molecular weight is 510 g/mol. The molecule has 0 saturated carbocycles. The van der Waals surface area contributed by atoms with Gasteiger partial charge in [0.25, 0.3) is 0 Å². The van der Waals surface area contributed by atoms with Crippen molar-refractivity contribution in [1.29, 1.82) is 0 Å². The number of nitrogens with one attached hydrogen (secondary N) is 2. The van der Waals surface area contributed by atoms with Crippen LogP contribution < -0.4 is 10.6 Å². The Hall–Kier alpha value is -3.05. The molecule has 2 heterocycles. The molecule has 1 saturated heterocycles. The third kappa shape index (κ3) is 6.19. The van der Waals surface area contributed by atoms with Gasteiger partial charge in [-0.3, -0.25) is 4.90 Å². The first-order chi connectivity index (χ1) is 17.3. The number of anilines is 4. The molecule has 1 aliphatic rings. The van der Waals surface area contributed by atoms with Crippen molar-refractivity contribution in [3.63, 3.8) is 0 Å². The van der Waals surface area contributed by atoms with Crippen LogP contribution >= 0.6 is 0 Å². The van der Waals surface area contributed by atoms with Gasteiger partial charge in [0.15, 0.2) is 0 Å². The van der Waals surface area contributed by atoms with Gasteiger partial charge in [-0.15, -0.1) is 0 Å². The molecule has 1 aliphatic heterocycles. The van der Waals surface area contributed by atoms with E-state index in [1.54, 1.807) is 30.5 Å². The van der Waals surface area contributed by atoms with Crippen molar-refractivity contribution >= 4 is 33.2 Å². The Morgan fingerprint density at radius 2 is 1.67 bits per heavy atom. The Bertz CT molecular complexity index is 1270. The summed E-state index contributed by atoms with van der Waals surface area (Å²) >= 11 is 0. The summed E-state index contributed by atoms with van der Waals surface area (Å²) in [6.45, 7) is 7.34. The molecule has 3 aromatic rings. The smallest absolute Gasteiger partial charge is 0.244 e. The third-order valence-electron chi connectivity index (χ3n) is 6.36. The highest BCUT2D eigenvalue weighted by Gasteiger charge is 2.22. The Balaban J connectivity index is 1.50. The maximum atomic E-state index is 12.8. The van der Waals surface area contributed by atoms with Crippen molar-refractivity contribution in [1.82, 2.24) is 24.1 Å². The van der Waals surface area contributed by atoms with E-state index in [1.165, 1.54) is 24.0 Å². The van der Waals surface area contributed by atoms with Crippen molar-refractivity contribution in [2.75, 3.05) is 58.0 Å². The molecular formula is C26H35N7O2S. The molecule has 10 heteroatoms. The fraction of sp³-hybridized carbons (Fsp3) is 0.385. The van der Waals surface area contributed by atoms with Crippen LogP contribution in [0.15, 0.2) is 59.6 Å². The number of hydrogen-bond acceptors (Lipinski definition) is 8. The van der Waals surface area contributed by atoms with Crippen LogP contribution in [0, 0.1) is 0 Å². The van der Waals surface area contributed by atoms with Crippen molar-refractivity contribution < 1.29 is 8.42 Å². The van der Waals surface area contributed by atoms with E-state index >= 15 is 0 Å². The molecule has 0 atom stereocenters. The highest BCUT2D eigenvalue weighted by molar-refractivity contribution is 7.89. The summed E-state index contributed by atoms with van der Waals surface area (Å²) in [5.41, 5.74) is 3.52. The summed E-state index contributed by atoms with van der Waals surface area (Å²) in [5, 5.41) is 6.50. The van der Waals surface area contributed by atoms with Crippen molar-refractivity contribution in [3.8, 4) is 0 Å². The molecule has 0 spiro atoms. The second kappa shape index (κ2) is 11.3. The van der Waals surface area contributed by atoms with Crippen LogP contribution in [-0.4, -0.2) is 79.8 Å².